The Morgan fingerprint density at radius 2 is 1.75 bits per heavy atom. The van der Waals surface area contributed by atoms with Crippen LogP contribution < -0.4 is 0 Å². The van der Waals surface area contributed by atoms with Gasteiger partial charge in [-0.05, 0) is 0 Å². The maximum Gasteiger partial charge on any atom is 0.151 e. The van der Waals surface area contributed by atoms with Gasteiger partial charge in [0.05, 0.1) is 6.61 Å². The highest BCUT2D eigenvalue weighted by Crippen LogP contribution is 2.02. The molecule has 0 aromatic heterocycles. The van der Waals surface area contributed by atoms with Gasteiger partial charge in [0.25, 0.3) is 0 Å². The minimum atomic E-state index is -1.79. The second kappa shape index (κ2) is 5.18. The van der Waals surface area contributed by atoms with E-state index in [1.807, 2.05) is 0 Å². The summed E-state index contributed by atoms with van der Waals surface area (Å²) in [7, 11) is 0. The zero-order chi connectivity index (χ0) is 9.72. The normalized spacial score (nSPS) is 21.1. The highest BCUT2D eigenvalue weighted by Gasteiger charge is 2.29. The lowest BCUT2D eigenvalue weighted by Gasteiger charge is -2.22. The SMILES string of the molecule is O=C[C@H](O)[C@@H]([18OH])[C@@H]([18OH])[C@H](O)CO. The van der Waals surface area contributed by atoms with E-state index >= 15 is 0 Å². The molecule has 6 nitrogen and oxygen atoms in total. The van der Waals surface area contributed by atoms with Crippen LogP contribution in [-0.4, -0.2) is 62.8 Å². The van der Waals surface area contributed by atoms with Crippen LogP contribution in [0.5, 0.6) is 0 Å². The van der Waals surface area contributed by atoms with Crippen LogP contribution >= 0.6 is 0 Å². The number of aliphatic hydroxyl groups is 5. The van der Waals surface area contributed by atoms with Crippen molar-refractivity contribution in [3.8, 4) is 0 Å². The fourth-order valence-corrected chi connectivity index (χ4v) is 0.618. The molecule has 0 radical (unpaired) electrons. The molecule has 0 saturated carbocycles. The number of rotatable bonds is 5. The van der Waals surface area contributed by atoms with Crippen LogP contribution in [0.3, 0.4) is 0 Å². The number of carbonyl (C=O) groups excluding carboxylic acids is 1. The van der Waals surface area contributed by atoms with Crippen molar-refractivity contribution in [3.63, 3.8) is 0 Å². The number of aldehydes is 1. The molecule has 0 rings (SSSR count). The van der Waals surface area contributed by atoms with E-state index in [-0.39, 0.29) is 6.29 Å². The fraction of sp³-hybridized carbons (Fsp3) is 0.833. The fourth-order valence-electron chi connectivity index (χ4n) is 0.618. The molecule has 0 unspecified atom stereocenters. The van der Waals surface area contributed by atoms with E-state index in [0.717, 1.165) is 0 Å². The maximum absolute atomic E-state index is 9.90. The zero-order valence-corrected chi connectivity index (χ0v) is 6.24. The molecule has 0 aromatic carbocycles. The lowest BCUT2D eigenvalue weighted by atomic mass is 10.1. The Morgan fingerprint density at radius 1 is 1.25 bits per heavy atom. The van der Waals surface area contributed by atoms with Gasteiger partial charge in [0.1, 0.15) is 24.4 Å². The standard InChI is InChI=1S/C6H12O6/c7-1-3(9)5(11)6(12)4(10)2-8/h1,3-6,8-12H,2H2/t3-,4+,5+,6-/m0/s1/i11+2,12+2. The van der Waals surface area contributed by atoms with Crippen LogP contribution in [0, 0.1) is 0 Å². The Hall–Kier alpha value is -0.530. The molecule has 0 aromatic rings. The van der Waals surface area contributed by atoms with E-state index in [2.05, 4.69) is 0 Å². The van der Waals surface area contributed by atoms with Crippen LogP contribution in [0.15, 0.2) is 0 Å². The molecule has 0 aliphatic rings. The molecule has 0 spiro atoms. The van der Waals surface area contributed by atoms with E-state index in [4.69, 9.17) is 25.5 Å². The van der Waals surface area contributed by atoms with E-state index in [1.165, 1.54) is 0 Å². The first-order valence-electron chi connectivity index (χ1n) is 3.33. The minimum absolute atomic E-state index is 0.0258. The van der Waals surface area contributed by atoms with Crippen molar-refractivity contribution in [2.45, 2.75) is 24.4 Å². The van der Waals surface area contributed by atoms with Crippen LogP contribution in [0.1, 0.15) is 0 Å². The Balaban J connectivity index is 4.07. The summed E-state index contributed by atoms with van der Waals surface area (Å²) in [5.74, 6) is 0. The lowest BCUT2D eigenvalue weighted by Crippen LogP contribution is -2.46. The van der Waals surface area contributed by atoms with Crippen molar-refractivity contribution in [3.05, 3.63) is 0 Å². The summed E-state index contributed by atoms with van der Waals surface area (Å²) in [6.07, 6.45) is -6.84. The highest BCUT2D eigenvalue weighted by atomic mass is 18.2. The van der Waals surface area contributed by atoms with E-state index in [9.17, 15) is 4.79 Å². The van der Waals surface area contributed by atoms with Gasteiger partial charge in [0, 0.05) is 0 Å². The molecule has 5 N–H and O–H groups in total. The molecular formula is C6H12O6. The zero-order valence-electron chi connectivity index (χ0n) is 6.24. The first-order valence-corrected chi connectivity index (χ1v) is 3.33. The van der Waals surface area contributed by atoms with Gasteiger partial charge in [0.2, 0.25) is 0 Å². The van der Waals surface area contributed by atoms with Gasteiger partial charge < -0.3 is 30.3 Å². The van der Waals surface area contributed by atoms with Gasteiger partial charge in [-0.1, -0.05) is 0 Å². The number of aliphatic hydroxyl groups excluding tert-OH is 5. The molecule has 4 atom stereocenters. The molecular weight excluding hydrogens is 172 g/mol. The molecule has 0 aliphatic heterocycles. The summed E-state index contributed by atoms with van der Waals surface area (Å²) < 4.78 is 0. The monoisotopic (exact) mass is 184 g/mol. The summed E-state index contributed by atoms with van der Waals surface area (Å²) in [5.41, 5.74) is 0. The van der Waals surface area contributed by atoms with Gasteiger partial charge >= 0.3 is 0 Å². The topological polar surface area (TPSA) is 118 Å². The third-order valence-corrected chi connectivity index (χ3v) is 1.42. The number of hydrogen-bond acceptors (Lipinski definition) is 6. The Bertz CT molecular complexity index is 138. The van der Waals surface area contributed by atoms with Crippen molar-refractivity contribution >= 4 is 6.29 Å². The van der Waals surface area contributed by atoms with Crippen molar-refractivity contribution in [1.82, 2.24) is 0 Å². The molecule has 72 valence electrons. The summed E-state index contributed by atoms with van der Waals surface area (Å²) in [6, 6.07) is 0. The molecule has 0 fully saturated rings. The number of carbonyl (C=O) groups is 1. The second-order valence-electron chi connectivity index (χ2n) is 2.36. The Morgan fingerprint density at radius 3 is 2.08 bits per heavy atom. The summed E-state index contributed by atoms with van der Waals surface area (Å²) in [5, 5.41) is 43.5. The molecule has 0 heterocycles. The second-order valence-corrected chi connectivity index (χ2v) is 2.36. The van der Waals surface area contributed by atoms with Gasteiger partial charge in [-0.2, -0.15) is 0 Å². The average molecular weight is 184 g/mol. The first-order chi connectivity index (χ1) is 5.54. The smallest absolute Gasteiger partial charge is 0.151 e. The molecule has 6 heteroatoms. The van der Waals surface area contributed by atoms with Crippen LogP contribution in [0.4, 0.5) is 0 Å². The molecule has 12 heavy (non-hydrogen) atoms. The van der Waals surface area contributed by atoms with Gasteiger partial charge in [-0.3, -0.25) is 0 Å². The van der Waals surface area contributed by atoms with Crippen LogP contribution in [0.2, 0.25) is 0 Å². The van der Waals surface area contributed by atoms with Crippen molar-refractivity contribution in [1.29, 1.82) is 0 Å². The van der Waals surface area contributed by atoms with Crippen LogP contribution in [-0.2, 0) is 4.79 Å². The number of hydrogen-bond donors (Lipinski definition) is 5. The summed E-state index contributed by atoms with van der Waals surface area (Å²) in [6.45, 7) is -0.760. The first kappa shape index (κ1) is 11.5. The van der Waals surface area contributed by atoms with Gasteiger partial charge in [0.15, 0.2) is 6.29 Å². The molecule has 0 amide bonds. The molecule has 0 aliphatic carbocycles. The highest BCUT2D eigenvalue weighted by molar-refractivity contribution is 5.56. The van der Waals surface area contributed by atoms with E-state index < -0.39 is 31.0 Å². The van der Waals surface area contributed by atoms with Gasteiger partial charge in [-0.15, -0.1) is 0 Å². The average Bonchev–Trinajstić information content (AvgIpc) is 2.12. The third-order valence-electron chi connectivity index (χ3n) is 1.42. The van der Waals surface area contributed by atoms with Gasteiger partial charge in [-0.25, -0.2) is 0 Å². The predicted octanol–water partition coefficient (Wildman–Crippen LogP) is -3.38. The quantitative estimate of drug-likeness (QED) is 0.225. The largest absolute Gasteiger partial charge is 0.394 e. The third kappa shape index (κ3) is 2.84. The van der Waals surface area contributed by atoms with E-state index in [1.54, 1.807) is 0 Å². The van der Waals surface area contributed by atoms with Crippen molar-refractivity contribution < 1.29 is 30.3 Å². The summed E-state index contributed by atoms with van der Waals surface area (Å²) in [4.78, 5) is 9.90. The molecule has 0 saturated heterocycles. The molecule has 0 bridgehead atoms. The van der Waals surface area contributed by atoms with Crippen LogP contribution in [0.25, 0.3) is 0 Å². The Kier molecular flexibility index (Phi) is 4.95. The minimum Gasteiger partial charge on any atom is -0.394 e. The maximum atomic E-state index is 9.90. The Labute approximate surface area is 68.7 Å². The lowest BCUT2D eigenvalue weighted by molar-refractivity contribution is -0.136. The van der Waals surface area contributed by atoms with E-state index in [0.29, 0.717) is 0 Å². The summed E-state index contributed by atoms with van der Waals surface area (Å²) >= 11 is 0. The van der Waals surface area contributed by atoms with Crippen molar-refractivity contribution in [2.24, 2.45) is 0 Å². The predicted molar refractivity (Wildman–Crippen MR) is 37.2 cm³/mol. The van der Waals surface area contributed by atoms with Crippen molar-refractivity contribution in [2.75, 3.05) is 6.61 Å².